The van der Waals surface area contributed by atoms with Crippen molar-refractivity contribution in [3.05, 3.63) is 10.6 Å². The van der Waals surface area contributed by atoms with Crippen LogP contribution in [-0.4, -0.2) is 24.6 Å². The van der Waals surface area contributed by atoms with Gasteiger partial charge < -0.3 is 5.32 Å². The zero-order valence-corrected chi connectivity index (χ0v) is 9.77. The fraction of sp³-hybridized carbons (Fsp3) is 0.750. The molecule has 1 N–H and O–H groups in total. The van der Waals surface area contributed by atoms with E-state index in [0.717, 1.165) is 6.42 Å². The van der Waals surface area contributed by atoms with E-state index in [2.05, 4.69) is 18.5 Å². The fourth-order valence-corrected chi connectivity index (χ4v) is 1.45. The van der Waals surface area contributed by atoms with Crippen molar-refractivity contribution in [2.75, 3.05) is 18.6 Å². The molecule has 0 bridgehead atoms. The molecule has 0 fully saturated rings. The van der Waals surface area contributed by atoms with Crippen molar-refractivity contribution in [2.45, 2.75) is 19.4 Å². The van der Waals surface area contributed by atoms with Crippen LogP contribution in [-0.2, 0) is 0 Å². The van der Waals surface area contributed by atoms with Crippen LogP contribution in [0.2, 0.25) is 0 Å². The van der Waals surface area contributed by atoms with E-state index in [0.29, 0.717) is 17.6 Å². The Morgan fingerprint density at radius 2 is 2.33 bits per heavy atom. The highest BCUT2D eigenvalue weighted by atomic mass is 35.5. The Kier molecular flexibility index (Phi) is 8.67. The third kappa shape index (κ3) is 7.29. The lowest BCUT2D eigenvalue weighted by Gasteiger charge is -2.11. The first-order chi connectivity index (χ1) is 5.70. The molecule has 0 spiro atoms. The summed E-state index contributed by atoms with van der Waals surface area (Å²) in [5, 5.41) is 3.93. The Morgan fingerprint density at radius 3 is 2.83 bits per heavy atom. The number of halogens is 2. The minimum Gasteiger partial charge on any atom is -0.309 e. The quantitative estimate of drug-likeness (QED) is 0.749. The van der Waals surface area contributed by atoms with Crippen molar-refractivity contribution in [2.24, 2.45) is 0 Å². The highest BCUT2D eigenvalue weighted by Crippen LogP contribution is 2.03. The molecule has 0 rings (SSSR count). The summed E-state index contributed by atoms with van der Waals surface area (Å²) in [6, 6.07) is 0.503. The van der Waals surface area contributed by atoms with E-state index < -0.39 is 0 Å². The fourth-order valence-electron chi connectivity index (χ4n) is 0.707. The number of nitrogens with one attached hydrogen (secondary N) is 1. The maximum Gasteiger partial charge on any atom is 0.0431 e. The Labute approximate surface area is 88.9 Å². The second-order valence-electron chi connectivity index (χ2n) is 2.62. The monoisotopic (exact) mass is 227 g/mol. The van der Waals surface area contributed by atoms with E-state index in [4.69, 9.17) is 23.2 Å². The summed E-state index contributed by atoms with van der Waals surface area (Å²) in [6.45, 7) is 2.81. The zero-order chi connectivity index (χ0) is 9.40. The van der Waals surface area contributed by atoms with Gasteiger partial charge in [0.1, 0.15) is 0 Å². The van der Waals surface area contributed by atoms with Gasteiger partial charge in [0.15, 0.2) is 0 Å². The van der Waals surface area contributed by atoms with E-state index in [-0.39, 0.29) is 0 Å². The number of hydrogen-bond acceptors (Lipinski definition) is 2. The minimum absolute atomic E-state index is 0.503. The van der Waals surface area contributed by atoms with E-state index in [1.54, 1.807) is 0 Å². The van der Waals surface area contributed by atoms with Gasteiger partial charge in [-0.15, -0.1) is 0 Å². The maximum atomic E-state index is 5.70. The molecule has 0 aromatic rings. The predicted molar refractivity (Wildman–Crippen MR) is 60.3 cm³/mol. The number of rotatable bonds is 6. The maximum absolute atomic E-state index is 5.70. The minimum atomic E-state index is 0.503. The molecule has 0 saturated heterocycles. The third-order valence-corrected chi connectivity index (χ3v) is 2.75. The molecule has 0 aliphatic heterocycles. The molecule has 0 aromatic heterocycles. The summed E-state index contributed by atoms with van der Waals surface area (Å²) in [7, 11) is 0. The van der Waals surface area contributed by atoms with Gasteiger partial charge in [-0.05, 0) is 25.4 Å². The topological polar surface area (TPSA) is 12.0 Å². The normalized spacial score (nSPS) is 14.8. The highest BCUT2D eigenvalue weighted by Gasteiger charge is 2.00. The summed E-state index contributed by atoms with van der Waals surface area (Å²) in [5.74, 6) is 1.18. The van der Waals surface area contributed by atoms with Gasteiger partial charge in [-0.2, -0.15) is 11.8 Å². The van der Waals surface area contributed by atoms with Crippen LogP contribution in [0.1, 0.15) is 13.3 Å². The smallest absolute Gasteiger partial charge is 0.0431 e. The lowest BCUT2D eigenvalue weighted by Crippen LogP contribution is -2.27. The second kappa shape index (κ2) is 8.24. The average molecular weight is 228 g/mol. The van der Waals surface area contributed by atoms with Crippen LogP contribution >= 0.6 is 35.0 Å². The Balaban J connectivity index is 3.37. The van der Waals surface area contributed by atoms with Crippen molar-refractivity contribution >= 4 is 35.0 Å². The molecule has 1 atom stereocenters. The molecule has 0 heterocycles. The van der Waals surface area contributed by atoms with Crippen LogP contribution < -0.4 is 5.32 Å². The summed E-state index contributed by atoms with van der Waals surface area (Å²) in [6.07, 6.45) is 3.27. The molecule has 0 radical (unpaired) electrons. The predicted octanol–water partition coefficient (Wildman–Crippen LogP) is 3.04. The number of hydrogen-bond donors (Lipinski definition) is 1. The van der Waals surface area contributed by atoms with Gasteiger partial charge in [-0.25, -0.2) is 0 Å². The van der Waals surface area contributed by atoms with Crippen molar-refractivity contribution < 1.29 is 0 Å². The Hall–Kier alpha value is 0.630. The molecule has 1 unspecified atom stereocenters. The molecular weight excluding hydrogens is 213 g/mol. The molecule has 0 aliphatic rings. The molecular formula is C8H15Cl2NS. The zero-order valence-electron chi connectivity index (χ0n) is 7.44. The molecule has 0 saturated carbocycles. The van der Waals surface area contributed by atoms with Crippen molar-refractivity contribution in [3.63, 3.8) is 0 Å². The summed E-state index contributed by atoms with van der Waals surface area (Å²) < 4.78 is 0. The third-order valence-electron chi connectivity index (χ3n) is 1.49. The summed E-state index contributed by atoms with van der Waals surface area (Å²) in [5.41, 5.74) is 1.40. The van der Waals surface area contributed by atoms with Crippen LogP contribution in [0, 0.1) is 0 Å². The summed E-state index contributed by atoms with van der Waals surface area (Å²) >= 11 is 13.0. The lowest BCUT2D eigenvalue weighted by atomic mass is 10.2. The highest BCUT2D eigenvalue weighted by molar-refractivity contribution is 7.98. The Morgan fingerprint density at radius 1 is 1.67 bits per heavy atom. The molecule has 0 aliphatic carbocycles. The SMILES string of the molecule is CSCCC(C)NCC(Cl)=CCl. The van der Waals surface area contributed by atoms with Crippen molar-refractivity contribution in [3.8, 4) is 0 Å². The van der Waals surface area contributed by atoms with Gasteiger partial charge in [0.2, 0.25) is 0 Å². The number of thioether (sulfide) groups is 1. The van der Waals surface area contributed by atoms with Crippen LogP contribution in [0.3, 0.4) is 0 Å². The van der Waals surface area contributed by atoms with E-state index in [9.17, 15) is 0 Å². The lowest BCUT2D eigenvalue weighted by molar-refractivity contribution is 0.569. The first kappa shape index (κ1) is 12.6. The van der Waals surface area contributed by atoms with Crippen LogP contribution in [0.15, 0.2) is 10.6 Å². The molecule has 0 aromatic carbocycles. The van der Waals surface area contributed by atoms with Gasteiger partial charge >= 0.3 is 0 Å². The molecule has 4 heteroatoms. The average Bonchev–Trinajstić information content (AvgIpc) is 2.10. The van der Waals surface area contributed by atoms with Crippen LogP contribution in [0.5, 0.6) is 0 Å². The second-order valence-corrected chi connectivity index (χ2v) is 4.31. The first-order valence-electron chi connectivity index (χ1n) is 3.87. The van der Waals surface area contributed by atoms with E-state index in [1.807, 2.05) is 11.8 Å². The largest absolute Gasteiger partial charge is 0.309 e. The Bertz CT molecular complexity index is 139. The van der Waals surface area contributed by atoms with Crippen LogP contribution in [0.4, 0.5) is 0 Å². The van der Waals surface area contributed by atoms with Gasteiger partial charge in [-0.3, -0.25) is 0 Å². The first-order valence-corrected chi connectivity index (χ1v) is 6.08. The van der Waals surface area contributed by atoms with E-state index >= 15 is 0 Å². The van der Waals surface area contributed by atoms with Gasteiger partial charge in [0.25, 0.3) is 0 Å². The van der Waals surface area contributed by atoms with Crippen molar-refractivity contribution in [1.82, 2.24) is 5.32 Å². The van der Waals surface area contributed by atoms with Gasteiger partial charge in [-0.1, -0.05) is 23.2 Å². The van der Waals surface area contributed by atoms with Crippen molar-refractivity contribution in [1.29, 1.82) is 0 Å². The summed E-state index contributed by atoms with van der Waals surface area (Å²) in [4.78, 5) is 0. The van der Waals surface area contributed by atoms with Gasteiger partial charge in [0.05, 0.1) is 0 Å². The molecule has 1 nitrogen and oxygen atoms in total. The standard InChI is InChI=1S/C8H15Cl2NS/c1-7(3-4-12-2)11-6-8(10)5-9/h5,7,11H,3-4,6H2,1-2H3. The molecule has 72 valence electrons. The van der Waals surface area contributed by atoms with Crippen LogP contribution in [0.25, 0.3) is 0 Å². The van der Waals surface area contributed by atoms with Gasteiger partial charge in [0, 0.05) is 23.2 Å². The van der Waals surface area contributed by atoms with E-state index in [1.165, 1.54) is 11.3 Å². The molecule has 12 heavy (non-hydrogen) atoms. The molecule has 0 amide bonds.